The van der Waals surface area contributed by atoms with Crippen LogP contribution in [0.1, 0.15) is 34.0 Å². The summed E-state index contributed by atoms with van der Waals surface area (Å²) >= 11 is 0. The lowest BCUT2D eigenvalue weighted by molar-refractivity contribution is 0.0256. The molecular formula is C25H27F2N9O3. The number of alkyl halides is 2. The monoisotopic (exact) mass is 539 g/mol. The molecule has 1 amide bonds. The highest BCUT2D eigenvalue weighted by Crippen LogP contribution is 2.29. The van der Waals surface area contributed by atoms with Gasteiger partial charge in [-0.15, -0.1) is 5.10 Å². The van der Waals surface area contributed by atoms with Crippen molar-refractivity contribution in [2.24, 2.45) is 0 Å². The second-order valence-corrected chi connectivity index (χ2v) is 9.13. The second kappa shape index (κ2) is 10.7. The Morgan fingerprint density at radius 2 is 2.00 bits per heavy atom. The number of carbonyl (C=O) groups excluding carboxylic acids is 1. The topological polar surface area (TPSA) is 146 Å². The Labute approximate surface area is 222 Å². The lowest BCUT2D eigenvalue weighted by atomic mass is 10.1. The molecule has 0 saturated carbocycles. The van der Waals surface area contributed by atoms with Crippen molar-refractivity contribution < 1.29 is 23.0 Å². The molecule has 1 fully saturated rings. The van der Waals surface area contributed by atoms with Crippen LogP contribution >= 0.6 is 0 Å². The number of hydrogen-bond donors (Lipinski definition) is 2. The molecule has 1 saturated heterocycles. The summed E-state index contributed by atoms with van der Waals surface area (Å²) < 4.78 is 39.3. The number of pyridine rings is 1. The molecule has 4 heterocycles. The zero-order chi connectivity index (χ0) is 27.6. The van der Waals surface area contributed by atoms with Crippen LogP contribution < -0.4 is 20.7 Å². The van der Waals surface area contributed by atoms with Crippen LogP contribution in [0.3, 0.4) is 0 Å². The van der Waals surface area contributed by atoms with Gasteiger partial charge in [0.05, 0.1) is 20.2 Å². The number of aromatic nitrogens is 6. The summed E-state index contributed by atoms with van der Waals surface area (Å²) in [5.41, 5.74) is 7.37. The van der Waals surface area contributed by atoms with Crippen LogP contribution in [-0.2, 0) is 24.4 Å². The molecule has 204 valence electrons. The number of anilines is 2. The fraction of sp³-hybridized carbons (Fsp3) is 0.360. The standard InChI is InChI=1S/C25H27F2N9O3/c1-38-13-20-33-22(23(37)30-11-17-7-16-3-5-29-21(28)18(16)8-19(17)39-2)34-36(20)12-15-9-31-24(32-10-15)35-6-4-25(26,27)14-35/h3,5,7-10H,4,6,11-14H2,1-2H3,(H2,28,29)(H,30,37). The minimum absolute atomic E-state index is 0.0351. The fourth-order valence-electron chi connectivity index (χ4n) is 4.36. The van der Waals surface area contributed by atoms with Crippen molar-refractivity contribution in [2.45, 2.75) is 32.0 Å². The molecule has 3 aromatic heterocycles. The van der Waals surface area contributed by atoms with E-state index < -0.39 is 18.4 Å². The van der Waals surface area contributed by atoms with Gasteiger partial charge in [0.15, 0.2) is 5.82 Å². The molecule has 1 aromatic carbocycles. The van der Waals surface area contributed by atoms with Crippen LogP contribution in [0, 0.1) is 0 Å². The minimum atomic E-state index is -2.74. The Hall–Kier alpha value is -4.46. The van der Waals surface area contributed by atoms with E-state index in [2.05, 4.69) is 30.4 Å². The van der Waals surface area contributed by atoms with Crippen molar-refractivity contribution in [3.05, 3.63) is 59.6 Å². The maximum absolute atomic E-state index is 13.5. The molecule has 0 aliphatic carbocycles. The van der Waals surface area contributed by atoms with Crippen LogP contribution in [-0.4, -0.2) is 68.9 Å². The van der Waals surface area contributed by atoms with Gasteiger partial charge in [0.25, 0.3) is 11.8 Å². The van der Waals surface area contributed by atoms with Crippen molar-refractivity contribution in [3.63, 3.8) is 0 Å². The maximum atomic E-state index is 13.5. The van der Waals surface area contributed by atoms with Gasteiger partial charge in [-0.2, -0.15) is 0 Å². The summed E-state index contributed by atoms with van der Waals surface area (Å²) in [6.45, 7) is 0.295. The molecule has 0 bridgehead atoms. The van der Waals surface area contributed by atoms with E-state index in [-0.39, 0.29) is 44.4 Å². The predicted molar refractivity (Wildman–Crippen MR) is 138 cm³/mol. The number of methoxy groups -OCH3 is 2. The zero-order valence-corrected chi connectivity index (χ0v) is 21.4. The summed E-state index contributed by atoms with van der Waals surface area (Å²) in [4.78, 5) is 31.3. The first-order valence-electron chi connectivity index (χ1n) is 12.1. The van der Waals surface area contributed by atoms with E-state index >= 15 is 0 Å². The van der Waals surface area contributed by atoms with E-state index in [1.807, 2.05) is 12.1 Å². The second-order valence-electron chi connectivity index (χ2n) is 9.13. The van der Waals surface area contributed by atoms with Crippen LogP contribution in [0.4, 0.5) is 20.5 Å². The number of nitrogens with zero attached hydrogens (tertiary/aromatic N) is 7. The molecule has 1 aliphatic rings. The van der Waals surface area contributed by atoms with Gasteiger partial charge in [0.2, 0.25) is 11.8 Å². The summed E-state index contributed by atoms with van der Waals surface area (Å²) in [6, 6.07) is 5.49. The highest BCUT2D eigenvalue weighted by molar-refractivity contribution is 5.93. The lowest BCUT2D eigenvalue weighted by Gasteiger charge is -2.15. The molecule has 0 atom stereocenters. The van der Waals surface area contributed by atoms with Gasteiger partial charge in [-0.1, -0.05) is 0 Å². The minimum Gasteiger partial charge on any atom is -0.496 e. The predicted octanol–water partition coefficient (Wildman–Crippen LogP) is 2.18. The van der Waals surface area contributed by atoms with Gasteiger partial charge in [-0.3, -0.25) is 4.79 Å². The zero-order valence-electron chi connectivity index (χ0n) is 21.4. The number of nitrogens with two attached hydrogens (primary N) is 1. The number of benzene rings is 1. The Morgan fingerprint density at radius 1 is 1.21 bits per heavy atom. The number of ether oxygens (including phenoxy) is 2. The van der Waals surface area contributed by atoms with Gasteiger partial charge in [-0.05, 0) is 23.6 Å². The molecule has 3 N–H and O–H groups in total. The Morgan fingerprint density at radius 3 is 2.69 bits per heavy atom. The van der Waals surface area contributed by atoms with E-state index in [4.69, 9.17) is 15.2 Å². The number of halogens is 2. The van der Waals surface area contributed by atoms with Gasteiger partial charge in [0, 0.05) is 61.7 Å². The number of fused-ring (bicyclic) bond motifs is 1. The van der Waals surface area contributed by atoms with Crippen molar-refractivity contribution in [1.29, 1.82) is 0 Å². The Bertz CT molecular complexity index is 1490. The van der Waals surface area contributed by atoms with Crippen LogP contribution in [0.5, 0.6) is 5.75 Å². The molecular weight excluding hydrogens is 512 g/mol. The number of nitrogen functional groups attached to an aromatic ring is 1. The summed E-state index contributed by atoms with van der Waals surface area (Å²) in [5, 5.41) is 8.80. The normalized spacial score (nSPS) is 14.6. The van der Waals surface area contributed by atoms with E-state index in [9.17, 15) is 13.6 Å². The molecule has 14 heteroatoms. The first-order chi connectivity index (χ1) is 18.8. The number of nitrogens with one attached hydrogen (secondary N) is 1. The van der Waals surface area contributed by atoms with Crippen molar-refractivity contribution in [3.8, 4) is 5.75 Å². The number of carbonyl (C=O) groups is 1. The molecule has 1 aliphatic heterocycles. The number of hydrogen-bond acceptors (Lipinski definition) is 10. The fourth-order valence-corrected chi connectivity index (χ4v) is 4.36. The average molecular weight is 540 g/mol. The number of rotatable bonds is 9. The first-order valence-corrected chi connectivity index (χ1v) is 12.1. The Kier molecular flexibility index (Phi) is 7.19. The highest BCUT2D eigenvalue weighted by Gasteiger charge is 2.39. The summed E-state index contributed by atoms with van der Waals surface area (Å²) in [7, 11) is 3.05. The van der Waals surface area contributed by atoms with Crippen LogP contribution in [0.15, 0.2) is 36.8 Å². The van der Waals surface area contributed by atoms with Crippen LogP contribution in [0.2, 0.25) is 0 Å². The SMILES string of the molecule is COCc1nc(C(=O)NCc2cc3ccnc(N)c3cc2OC)nn1Cc1cnc(N2CCC(F)(F)C2)nc1. The van der Waals surface area contributed by atoms with Gasteiger partial charge >= 0.3 is 0 Å². The quantitative estimate of drug-likeness (QED) is 0.324. The molecule has 0 radical (unpaired) electrons. The smallest absolute Gasteiger partial charge is 0.291 e. The molecule has 12 nitrogen and oxygen atoms in total. The molecule has 0 unspecified atom stereocenters. The largest absolute Gasteiger partial charge is 0.496 e. The molecule has 39 heavy (non-hydrogen) atoms. The molecule has 0 spiro atoms. The summed E-state index contributed by atoms with van der Waals surface area (Å²) in [6.07, 6.45) is 4.49. The first kappa shape index (κ1) is 26.2. The third-order valence-corrected chi connectivity index (χ3v) is 6.34. The lowest BCUT2D eigenvalue weighted by Crippen LogP contribution is -2.26. The van der Waals surface area contributed by atoms with Crippen molar-refractivity contribution in [1.82, 2.24) is 35.0 Å². The average Bonchev–Trinajstić information content (AvgIpc) is 3.50. The van der Waals surface area contributed by atoms with Crippen molar-refractivity contribution >= 4 is 28.4 Å². The van der Waals surface area contributed by atoms with Crippen molar-refractivity contribution in [2.75, 3.05) is 37.9 Å². The van der Waals surface area contributed by atoms with E-state index in [1.165, 1.54) is 23.8 Å². The molecule has 5 rings (SSSR count). The van der Waals surface area contributed by atoms with E-state index in [0.717, 1.165) is 16.3 Å². The summed E-state index contributed by atoms with van der Waals surface area (Å²) in [5.74, 6) is -1.63. The van der Waals surface area contributed by atoms with Crippen LogP contribution in [0.25, 0.3) is 10.8 Å². The third-order valence-electron chi connectivity index (χ3n) is 6.34. The van der Waals surface area contributed by atoms with Gasteiger partial charge < -0.3 is 25.4 Å². The number of amides is 1. The molecule has 4 aromatic rings. The van der Waals surface area contributed by atoms with E-state index in [1.54, 1.807) is 24.7 Å². The maximum Gasteiger partial charge on any atom is 0.291 e. The third kappa shape index (κ3) is 5.70. The van der Waals surface area contributed by atoms with E-state index in [0.29, 0.717) is 23.0 Å². The highest BCUT2D eigenvalue weighted by atomic mass is 19.3. The van der Waals surface area contributed by atoms with Gasteiger partial charge in [-0.25, -0.2) is 33.4 Å². The van der Waals surface area contributed by atoms with Gasteiger partial charge in [0.1, 0.15) is 18.2 Å². The Balaban J connectivity index is 1.29.